The Balaban J connectivity index is 0.000000873. The molecule has 0 heterocycles. The monoisotopic (exact) mass is 255 g/mol. The summed E-state index contributed by atoms with van der Waals surface area (Å²) >= 11 is 0. The van der Waals surface area contributed by atoms with Crippen molar-refractivity contribution in [3.63, 3.8) is 0 Å². The number of carboxylic acids is 2. The Morgan fingerprint density at radius 1 is 1.28 bits per heavy atom. The second-order valence-electron chi connectivity index (χ2n) is 3.60. The highest BCUT2D eigenvalue weighted by Gasteiger charge is 2.46. The molecule has 1 rings (SSSR count). The number of benzene rings is 1. The number of carbonyl (C=O) groups is 2. The van der Waals surface area contributed by atoms with Gasteiger partial charge < -0.3 is 21.1 Å². The fraction of sp³-hybridized carbons (Fsp3) is 0.333. The minimum absolute atomic E-state index is 0.164. The van der Waals surface area contributed by atoms with Crippen LogP contribution in [0.4, 0.5) is 0 Å². The topological polar surface area (TPSA) is 121 Å². The van der Waals surface area contributed by atoms with Gasteiger partial charge in [-0.05, 0) is 13.5 Å². The quantitative estimate of drug-likeness (QED) is 0.577. The van der Waals surface area contributed by atoms with Gasteiger partial charge in [0.15, 0.2) is 0 Å². The highest BCUT2D eigenvalue weighted by atomic mass is 16.4. The lowest BCUT2D eigenvalue weighted by molar-refractivity contribution is -0.177. The van der Waals surface area contributed by atoms with Crippen molar-refractivity contribution in [1.82, 2.24) is 0 Å². The molecule has 0 amide bonds. The summed E-state index contributed by atoms with van der Waals surface area (Å²) in [7, 11) is 0. The van der Waals surface area contributed by atoms with Gasteiger partial charge in [0, 0.05) is 5.56 Å². The van der Waals surface area contributed by atoms with E-state index in [1.165, 1.54) is 18.2 Å². The summed E-state index contributed by atoms with van der Waals surface area (Å²) in [5.41, 5.74) is 2.47. The van der Waals surface area contributed by atoms with Crippen molar-refractivity contribution in [2.24, 2.45) is 5.73 Å². The molecular weight excluding hydrogens is 238 g/mol. The minimum Gasteiger partial charge on any atom is -0.478 e. The summed E-state index contributed by atoms with van der Waals surface area (Å²) in [5, 5.41) is 27.0. The van der Waals surface area contributed by atoms with Crippen molar-refractivity contribution in [2.75, 3.05) is 6.54 Å². The predicted molar refractivity (Wildman–Crippen MR) is 65.1 cm³/mol. The van der Waals surface area contributed by atoms with E-state index in [0.29, 0.717) is 5.56 Å². The molecule has 0 saturated heterocycles. The summed E-state index contributed by atoms with van der Waals surface area (Å²) in [4.78, 5) is 21.5. The number of hydrogen-bond acceptors (Lipinski definition) is 4. The van der Waals surface area contributed by atoms with Crippen molar-refractivity contribution < 1.29 is 24.9 Å². The molecule has 0 aromatic heterocycles. The van der Waals surface area contributed by atoms with E-state index in [9.17, 15) is 14.7 Å². The van der Waals surface area contributed by atoms with Gasteiger partial charge in [0.25, 0.3) is 5.60 Å². The van der Waals surface area contributed by atoms with Gasteiger partial charge in [-0.3, -0.25) is 0 Å². The molecule has 100 valence electrons. The maximum absolute atomic E-state index is 10.7. The molecule has 0 spiro atoms. The van der Waals surface area contributed by atoms with E-state index >= 15 is 0 Å². The van der Waals surface area contributed by atoms with Crippen LogP contribution in [0.3, 0.4) is 0 Å². The highest BCUT2D eigenvalue weighted by Crippen LogP contribution is 2.22. The molecule has 0 saturated carbocycles. The number of nitrogens with two attached hydrogens (primary N) is 1. The number of aliphatic hydroxyl groups is 1. The average molecular weight is 255 g/mol. The van der Waals surface area contributed by atoms with Gasteiger partial charge in [0.2, 0.25) is 0 Å². The van der Waals surface area contributed by atoms with Crippen LogP contribution in [-0.2, 0) is 15.2 Å². The fourth-order valence-corrected chi connectivity index (χ4v) is 1.21. The lowest BCUT2D eigenvalue weighted by Gasteiger charge is -2.18. The highest BCUT2D eigenvalue weighted by molar-refractivity contribution is 6.02. The summed E-state index contributed by atoms with van der Waals surface area (Å²) in [6.45, 7) is 4.33. The first-order valence-corrected chi connectivity index (χ1v) is 5.27. The van der Waals surface area contributed by atoms with Crippen LogP contribution in [0.15, 0.2) is 24.3 Å². The molecule has 0 aliphatic carbocycles. The van der Waals surface area contributed by atoms with Gasteiger partial charge in [-0.25, -0.2) is 9.59 Å². The Labute approximate surface area is 105 Å². The molecule has 0 bridgehead atoms. The number of carboxylic acid groups (broad SMARTS) is 2. The van der Waals surface area contributed by atoms with E-state index < -0.39 is 17.5 Å². The van der Waals surface area contributed by atoms with Gasteiger partial charge >= 0.3 is 11.9 Å². The summed E-state index contributed by atoms with van der Waals surface area (Å²) in [6, 6.07) is 5.74. The molecule has 0 fully saturated rings. The Bertz CT molecular complexity index is 416. The third-order valence-corrected chi connectivity index (χ3v) is 2.05. The summed E-state index contributed by atoms with van der Waals surface area (Å²) < 4.78 is 0. The van der Waals surface area contributed by atoms with Crippen molar-refractivity contribution in [3.05, 3.63) is 35.4 Å². The van der Waals surface area contributed by atoms with Crippen LogP contribution >= 0.6 is 0 Å². The van der Waals surface area contributed by atoms with Crippen LogP contribution in [0.5, 0.6) is 0 Å². The normalized spacial score (nSPS) is 10.2. The van der Waals surface area contributed by atoms with E-state index in [-0.39, 0.29) is 5.56 Å². The molecule has 6 heteroatoms. The largest absolute Gasteiger partial charge is 0.478 e. The van der Waals surface area contributed by atoms with Crippen molar-refractivity contribution in [1.29, 1.82) is 0 Å². The second-order valence-corrected chi connectivity index (χ2v) is 3.60. The molecule has 0 aliphatic heterocycles. The van der Waals surface area contributed by atoms with Crippen molar-refractivity contribution >= 4 is 11.9 Å². The average Bonchev–Trinajstić information content (AvgIpc) is 2.28. The SMILES string of the molecule is CCN.Cc1cccc(C(O)(C(=O)O)C(=O)O)c1. The molecule has 0 radical (unpaired) electrons. The van der Waals surface area contributed by atoms with Gasteiger partial charge in [0.1, 0.15) is 0 Å². The number of hydrogen-bond donors (Lipinski definition) is 4. The van der Waals surface area contributed by atoms with E-state index in [0.717, 1.165) is 6.54 Å². The Kier molecular flexibility index (Phi) is 6.01. The molecule has 5 N–H and O–H groups in total. The maximum atomic E-state index is 10.7. The van der Waals surface area contributed by atoms with Crippen LogP contribution < -0.4 is 5.73 Å². The third-order valence-electron chi connectivity index (χ3n) is 2.05. The van der Waals surface area contributed by atoms with E-state index in [1.54, 1.807) is 13.0 Å². The zero-order valence-electron chi connectivity index (χ0n) is 10.3. The number of aliphatic carboxylic acids is 2. The predicted octanol–water partition coefficient (Wildman–Crippen LogP) is 0.317. The molecule has 0 aliphatic rings. The lowest BCUT2D eigenvalue weighted by Crippen LogP contribution is -2.43. The third kappa shape index (κ3) is 3.54. The van der Waals surface area contributed by atoms with Crippen molar-refractivity contribution in [2.45, 2.75) is 19.4 Å². The number of rotatable bonds is 3. The molecular formula is C12H17NO5. The molecule has 1 aromatic carbocycles. The van der Waals surface area contributed by atoms with Crippen LogP contribution in [0, 0.1) is 6.92 Å². The molecule has 0 atom stereocenters. The molecule has 0 unspecified atom stereocenters. The summed E-state index contributed by atoms with van der Waals surface area (Å²) in [6.07, 6.45) is 0. The van der Waals surface area contributed by atoms with Crippen molar-refractivity contribution in [3.8, 4) is 0 Å². The Morgan fingerprint density at radius 3 is 2.06 bits per heavy atom. The first kappa shape index (κ1) is 16.1. The standard InChI is InChI=1S/C10H10O5.C2H7N/c1-6-3-2-4-7(5-6)10(15,8(11)12)9(13)14;1-2-3/h2-5,15H,1H3,(H,11,12)(H,13,14);2-3H2,1H3. The number of aryl methyl sites for hydroxylation is 1. The van der Waals surface area contributed by atoms with Gasteiger partial charge in [-0.1, -0.05) is 36.8 Å². The molecule has 6 nitrogen and oxygen atoms in total. The van der Waals surface area contributed by atoms with Gasteiger partial charge in [-0.2, -0.15) is 0 Å². The first-order valence-electron chi connectivity index (χ1n) is 5.27. The van der Waals surface area contributed by atoms with Gasteiger partial charge in [-0.15, -0.1) is 0 Å². The molecule has 18 heavy (non-hydrogen) atoms. The summed E-state index contributed by atoms with van der Waals surface area (Å²) in [5.74, 6) is -3.61. The first-order chi connectivity index (χ1) is 8.30. The van der Waals surface area contributed by atoms with Crippen LogP contribution in [0.1, 0.15) is 18.1 Å². The van der Waals surface area contributed by atoms with Crippen LogP contribution in [-0.4, -0.2) is 33.8 Å². The fourth-order valence-electron chi connectivity index (χ4n) is 1.21. The van der Waals surface area contributed by atoms with E-state index in [4.69, 9.17) is 15.9 Å². The van der Waals surface area contributed by atoms with Crippen LogP contribution in [0.25, 0.3) is 0 Å². The smallest absolute Gasteiger partial charge is 0.352 e. The second kappa shape index (κ2) is 6.73. The zero-order chi connectivity index (χ0) is 14.3. The molecule has 1 aromatic rings. The van der Waals surface area contributed by atoms with E-state index in [2.05, 4.69) is 0 Å². The minimum atomic E-state index is -2.88. The zero-order valence-corrected chi connectivity index (χ0v) is 10.3. The Morgan fingerprint density at radius 2 is 1.72 bits per heavy atom. The van der Waals surface area contributed by atoms with E-state index in [1.807, 2.05) is 6.92 Å². The van der Waals surface area contributed by atoms with Crippen LogP contribution in [0.2, 0.25) is 0 Å². The Hall–Kier alpha value is -1.92. The maximum Gasteiger partial charge on any atom is 0.352 e. The van der Waals surface area contributed by atoms with Gasteiger partial charge in [0.05, 0.1) is 0 Å². The lowest BCUT2D eigenvalue weighted by atomic mass is 9.93.